The number of imidazole rings is 1. The van der Waals surface area contributed by atoms with Crippen LogP contribution in [0.4, 0.5) is 0 Å². The van der Waals surface area contributed by atoms with Crippen LogP contribution in [-0.4, -0.2) is 59.1 Å². The average molecular weight is 709 g/mol. The van der Waals surface area contributed by atoms with Gasteiger partial charge in [-0.1, -0.05) is 62.9 Å². The van der Waals surface area contributed by atoms with Crippen LogP contribution in [0.3, 0.4) is 0 Å². The van der Waals surface area contributed by atoms with Crippen LogP contribution in [0.25, 0.3) is 0 Å². The molecule has 1 heterocycles. The summed E-state index contributed by atoms with van der Waals surface area (Å²) in [5.41, 5.74) is 2.62. The van der Waals surface area contributed by atoms with E-state index in [1.54, 1.807) is 26.4 Å². The van der Waals surface area contributed by atoms with Gasteiger partial charge in [0.1, 0.15) is 17.5 Å². The number of hydrogen-bond acceptors (Lipinski definition) is 10. The van der Waals surface area contributed by atoms with Crippen molar-refractivity contribution in [2.45, 2.75) is 68.1 Å². The van der Waals surface area contributed by atoms with Gasteiger partial charge >= 0.3 is 5.97 Å². The van der Waals surface area contributed by atoms with Gasteiger partial charge in [0.05, 0.1) is 27.0 Å². The Morgan fingerprint density at radius 1 is 0.878 bits per heavy atom. The van der Waals surface area contributed by atoms with E-state index in [1.807, 2.05) is 66.2 Å². The maximum absolute atomic E-state index is 12.9. The molecule has 0 N–H and O–H groups in total. The van der Waals surface area contributed by atoms with Crippen molar-refractivity contribution in [3.63, 3.8) is 0 Å². The fraction of sp³-hybridized carbons (Fsp3) is 0.405. The highest BCUT2D eigenvalue weighted by Gasteiger charge is 2.43. The molecule has 10 nitrogen and oxygen atoms in total. The van der Waals surface area contributed by atoms with E-state index >= 15 is 0 Å². The Labute approximate surface area is 295 Å². The van der Waals surface area contributed by atoms with E-state index in [-0.39, 0.29) is 11.8 Å². The molecule has 0 aliphatic carbocycles. The first-order valence-corrected chi connectivity index (χ1v) is 19.6. The van der Waals surface area contributed by atoms with Gasteiger partial charge in [-0.25, -0.2) is 4.98 Å². The van der Waals surface area contributed by atoms with Gasteiger partial charge in [0.15, 0.2) is 37.9 Å². The summed E-state index contributed by atoms with van der Waals surface area (Å²) < 4.78 is 43.8. The lowest BCUT2D eigenvalue weighted by molar-refractivity contribution is -0.145. The van der Waals surface area contributed by atoms with Crippen LogP contribution in [0.1, 0.15) is 62.4 Å². The van der Waals surface area contributed by atoms with E-state index < -0.39 is 26.5 Å². The number of rotatable bonds is 15. The van der Waals surface area contributed by atoms with Gasteiger partial charge < -0.3 is 37.4 Å². The number of benzene rings is 3. The van der Waals surface area contributed by atoms with E-state index in [1.165, 1.54) is 32.9 Å². The first-order valence-electron chi connectivity index (χ1n) is 15.9. The Balaban J connectivity index is 2.08. The summed E-state index contributed by atoms with van der Waals surface area (Å²) in [6, 6.07) is 21.4. The molecule has 0 aliphatic heterocycles. The molecule has 4 rings (SSSR count). The third kappa shape index (κ3) is 8.61. The van der Waals surface area contributed by atoms with Crippen LogP contribution < -0.4 is 18.9 Å². The third-order valence-corrected chi connectivity index (χ3v) is 14.1. The molecule has 0 bridgehead atoms. The second-order valence-corrected chi connectivity index (χ2v) is 18.7. The summed E-state index contributed by atoms with van der Waals surface area (Å²) in [7, 11) is 5.76. The van der Waals surface area contributed by atoms with Gasteiger partial charge in [0, 0.05) is 31.5 Å². The van der Waals surface area contributed by atoms with E-state index in [2.05, 4.69) is 33.9 Å². The zero-order chi connectivity index (χ0) is 35.9. The first-order chi connectivity index (χ1) is 23.3. The number of carbonyl (C=O) groups excluding carboxylic acids is 1. The number of carbonyl (C=O) groups is 1. The van der Waals surface area contributed by atoms with Crippen LogP contribution in [0, 0.1) is 0 Å². The molecule has 3 aromatic carbocycles. The highest BCUT2D eigenvalue weighted by atomic mass is 32.2. The molecule has 1 aromatic heterocycles. The molecule has 12 heteroatoms. The topological polar surface area (TPSA) is 99.5 Å². The molecule has 49 heavy (non-hydrogen) atoms. The Morgan fingerprint density at radius 2 is 1.55 bits per heavy atom. The Bertz CT molecular complexity index is 1700. The molecule has 0 fully saturated rings. The lowest BCUT2D eigenvalue weighted by atomic mass is 9.98. The summed E-state index contributed by atoms with van der Waals surface area (Å²) >= 11 is 1.51. The quantitative estimate of drug-likeness (QED) is 0.0681. The molecule has 0 radical (unpaired) electrons. The summed E-state index contributed by atoms with van der Waals surface area (Å²) in [5, 5.41) is 0.572. The minimum atomic E-state index is -2.43. The highest BCUT2D eigenvalue weighted by molar-refractivity contribution is 7.99. The molecule has 0 spiro atoms. The Hall–Kier alpha value is -3.97. The molecule has 4 aromatic rings. The molecule has 0 saturated carbocycles. The zero-order valence-electron chi connectivity index (χ0n) is 30.3. The normalized spacial score (nSPS) is 13.0. The van der Waals surface area contributed by atoms with E-state index in [0.29, 0.717) is 33.7 Å². The molecular weight excluding hydrogens is 661 g/mol. The van der Waals surface area contributed by atoms with Crippen molar-refractivity contribution in [2.24, 2.45) is 7.05 Å². The SMILES string of the molecule is COCOc1c(C(OC(C)=O)c2nc(Sc3ccccc3)n(C)c2C(O[Si](C)(C)C(C)(C)C)c2ccc(OC)cc2)ccc(OC)c1OC. The van der Waals surface area contributed by atoms with Gasteiger partial charge in [-0.05, 0) is 60.1 Å². The minimum absolute atomic E-state index is 0.0868. The monoisotopic (exact) mass is 708 g/mol. The van der Waals surface area contributed by atoms with Crippen LogP contribution in [-0.2, 0) is 25.7 Å². The zero-order valence-corrected chi connectivity index (χ0v) is 32.1. The molecule has 264 valence electrons. The molecule has 2 unspecified atom stereocenters. The molecule has 2 atom stereocenters. The number of ether oxygens (including phenoxy) is 6. The second kappa shape index (κ2) is 16.2. The van der Waals surface area contributed by atoms with Gasteiger partial charge in [0.25, 0.3) is 0 Å². The maximum Gasteiger partial charge on any atom is 0.303 e. The lowest BCUT2D eigenvalue weighted by Crippen LogP contribution is -2.42. The Kier molecular flexibility index (Phi) is 12.5. The summed E-state index contributed by atoms with van der Waals surface area (Å²) in [5.74, 6) is 1.30. The van der Waals surface area contributed by atoms with Crippen molar-refractivity contribution in [3.05, 3.63) is 89.2 Å². The maximum atomic E-state index is 12.9. The van der Waals surface area contributed by atoms with Crippen LogP contribution in [0.2, 0.25) is 18.1 Å². The standard InChI is InChI=1S/C37H48N2O8SSi/c1-24(40)46-33(28-21-22-29(43-8)35(44-9)34(28)45-23-41-6)30-31(39(5)36(38-30)48-27-15-13-12-14-16-27)32(47-49(10,11)37(2,3)4)25-17-19-26(42-7)20-18-25/h12-22,32-33H,23H2,1-11H3. The smallest absolute Gasteiger partial charge is 0.303 e. The lowest BCUT2D eigenvalue weighted by Gasteiger charge is -2.40. The molecule has 0 aliphatic rings. The highest BCUT2D eigenvalue weighted by Crippen LogP contribution is 2.49. The van der Waals surface area contributed by atoms with Crippen molar-refractivity contribution >= 4 is 26.0 Å². The summed E-state index contributed by atoms with van der Waals surface area (Å²) in [6.45, 7) is 12.3. The Morgan fingerprint density at radius 3 is 2.10 bits per heavy atom. The number of nitrogens with zero attached hydrogens (tertiary/aromatic N) is 2. The number of esters is 1. The third-order valence-electron chi connectivity index (χ3n) is 8.63. The molecule has 0 amide bonds. The van der Waals surface area contributed by atoms with Crippen LogP contribution in [0.15, 0.2) is 76.8 Å². The number of aromatic nitrogens is 2. The van der Waals surface area contributed by atoms with Gasteiger partial charge in [-0.3, -0.25) is 4.79 Å². The fourth-order valence-electron chi connectivity index (χ4n) is 5.05. The van der Waals surface area contributed by atoms with E-state index in [4.69, 9.17) is 37.8 Å². The largest absolute Gasteiger partial charge is 0.497 e. The molecular formula is C37H48N2O8SSi. The van der Waals surface area contributed by atoms with E-state index in [0.717, 1.165) is 21.9 Å². The van der Waals surface area contributed by atoms with Crippen molar-refractivity contribution < 1.29 is 37.6 Å². The van der Waals surface area contributed by atoms with Crippen LogP contribution in [0.5, 0.6) is 23.0 Å². The fourth-order valence-corrected chi connectivity index (χ4v) is 7.12. The van der Waals surface area contributed by atoms with Gasteiger partial charge in [0.2, 0.25) is 5.75 Å². The number of methoxy groups -OCH3 is 4. The minimum Gasteiger partial charge on any atom is -0.497 e. The first kappa shape index (κ1) is 37.8. The predicted molar refractivity (Wildman–Crippen MR) is 193 cm³/mol. The second-order valence-electron chi connectivity index (χ2n) is 12.9. The summed E-state index contributed by atoms with van der Waals surface area (Å²) in [4.78, 5) is 19.2. The van der Waals surface area contributed by atoms with Crippen molar-refractivity contribution in [2.75, 3.05) is 35.2 Å². The van der Waals surface area contributed by atoms with Gasteiger partial charge in [-0.15, -0.1) is 0 Å². The van der Waals surface area contributed by atoms with Gasteiger partial charge in [-0.2, -0.15) is 0 Å². The molecule has 0 saturated heterocycles. The van der Waals surface area contributed by atoms with Crippen LogP contribution >= 0.6 is 11.8 Å². The summed E-state index contributed by atoms with van der Waals surface area (Å²) in [6.07, 6.45) is -1.62. The number of hydrogen-bond donors (Lipinski definition) is 0. The predicted octanol–water partition coefficient (Wildman–Crippen LogP) is 8.34. The van der Waals surface area contributed by atoms with E-state index in [9.17, 15) is 4.79 Å². The average Bonchev–Trinajstić information content (AvgIpc) is 3.39. The van der Waals surface area contributed by atoms with Crippen molar-refractivity contribution in [1.82, 2.24) is 9.55 Å². The van der Waals surface area contributed by atoms with Crippen molar-refractivity contribution in [3.8, 4) is 23.0 Å². The van der Waals surface area contributed by atoms with Crippen molar-refractivity contribution in [1.29, 1.82) is 0 Å².